The summed E-state index contributed by atoms with van der Waals surface area (Å²) in [5, 5.41) is 0.946. The Labute approximate surface area is 86.6 Å². The van der Waals surface area contributed by atoms with Gasteiger partial charge >= 0.3 is 0 Å². The number of thiazole rings is 1. The van der Waals surface area contributed by atoms with Crippen molar-refractivity contribution >= 4 is 11.3 Å². The predicted octanol–water partition coefficient (Wildman–Crippen LogP) is 2.29. The van der Waals surface area contributed by atoms with Crippen molar-refractivity contribution in [1.82, 2.24) is 4.98 Å². The van der Waals surface area contributed by atoms with Crippen molar-refractivity contribution in [3.8, 4) is 10.8 Å². The van der Waals surface area contributed by atoms with Gasteiger partial charge in [0.25, 0.3) is 0 Å². The maximum absolute atomic E-state index is 5.44. The van der Waals surface area contributed by atoms with Gasteiger partial charge in [-0.25, -0.2) is 4.98 Å². The van der Waals surface area contributed by atoms with Gasteiger partial charge in [0, 0.05) is 11.1 Å². The van der Waals surface area contributed by atoms with Gasteiger partial charge in [0.1, 0.15) is 0 Å². The molecule has 0 fully saturated rings. The van der Waals surface area contributed by atoms with Gasteiger partial charge in [-0.3, -0.25) is 0 Å². The molecule has 14 heavy (non-hydrogen) atoms. The summed E-state index contributed by atoms with van der Waals surface area (Å²) in [6, 6.07) is 3.79. The van der Waals surface area contributed by atoms with Crippen LogP contribution in [0.3, 0.4) is 0 Å². The fourth-order valence-corrected chi connectivity index (χ4v) is 2.14. The zero-order valence-corrected chi connectivity index (χ0v) is 8.59. The molecule has 0 amide bonds. The second-order valence-corrected chi connectivity index (χ2v) is 4.12. The first kappa shape index (κ1) is 9.43. The van der Waals surface area contributed by atoms with Crippen LogP contribution in [-0.2, 0) is 6.42 Å². The van der Waals surface area contributed by atoms with Crippen LogP contribution >= 0.6 is 11.3 Å². The van der Waals surface area contributed by atoms with E-state index in [1.165, 1.54) is 4.88 Å². The molecule has 0 aromatic carbocycles. The highest BCUT2D eigenvalue weighted by Crippen LogP contribution is 2.25. The van der Waals surface area contributed by atoms with E-state index in [2.05, 4.69) is 4.98 Å². The second kappa shape index (κ2) is 4.39. The van der Waals surface area contributed by atoms with Crippen molar-refractivity contribution in [3.05, 3.63) is 29.5 Å². The maximum atomic E-state index is 5.44. The average molecular weight is 208 g/mol. The van der Waals surface area contributed by atoms with Gasteiger partial charge in [-0.15, -0.1) is 11.3 Å². The van der Waals surface area contributed by atoms with Gasteiger partial charge in [0.2, 0.25) is 0 Å². The van der Waals surface area contributed by atoms with E-state index in [9.17, 15) is 0 Å². The average Bonchev–Trinajstić information content (AvgIpc) is 2.85. The largest absolute Gasteiger partial charge is 0.462 e. The van der Waals surface area contributed by atoms with Crippen LogP contribution in [0.1, 0.15) is 11.3 Å². The summed E-state index contributed by atoms with van der Waals surface area (Å²) in [6.45, 7) is 0.730. The van der Waals surface area contributed by atoms with Crippen LogP contribution in [-0.4, -0.2) is 11.5 Å². The number of hydrogen-bond acceptors (Lipinski definition) is 4. The van der Waals surface area contributed by atoms with Crippen LogP contribution < -0.4 is 5.73 Å². The molecule has 0 aliphatic rings. The lowest BCUT2D eigenvalue weighted by molar-refractivity contribution is 0.582. The number of aryl methyl sites for hydroxylation is 1. The minimum absolute atomic E-state index is 0.730. The van der Waals surface area contributed by atoms with Crippen LogP contribution in [0.5, 0.6) is 0 Å². The van der Waals surface area contributed by atoms with Gasteiger partial charge in [-0.1, -0.05) is 0 Å². The third-order valence-corrected chi connectivity index (χ3v) is 2.98. The smallest absolute Gasteiger partial charge is 0.162 e. The summed E-state index contributed by atoms with van der Waals surface area (Å²) in [5.74, 6) is 0.842. The number of rotatable bonds is 4. The van der Waals surface area contributed by atoms with Crippen molar-refractivity contribution in [2.24, 2.45) is 5.73 Å². The summed E-state index contributed by atoms with van der Waals surface area (Å²) in [4.78, 5) is 5.56. The highest BCUT2D eigenvalue weighted by molar-refractivity contribution is 7.14. The molecule has 0 radical (unpaired) electrons. The molecule has 74 valence electrons. The molecule has 4 heteroatoms. The summed E-state index contributed by atoms with van der Waals surface area (Å²) in [7, 11) is 0. The first-order chi connectivity index (χ1) is 6.90. The molecule has 2 heterocycles. The zero-order chi connectivity index (χ0) is 9.80. The molecule has 0 aliphatic heterocycles. The fraction of sp³-hybridized carbons (Fsp3) is 0.300. The lowest BCUT2D eigenvalue weighted by Crippen LogP contribution is -1.99. The summed E-state index contributed by atoms with van der Waals surface area (Å²) in [5.41, 5.74) is 5.44. The Morgan fingerprint density at radius 2 is 2.43 bits per heavy atom. The summed E-state index contributed by atoms with van der Waals surface area (Å²) >= 11 is 1.67. The summed E-state index contributed by atoms with van der Waals surface area (Å²) in [6.07, 6.45) is 5.59. The Balaban J connectivity index is 2.10. The van der Waals surface area contributed by atoms with Gasteiger partial charge in [0.05, 0.1) is 6.26 Å². The normalized spacial score (nSPS) is 10.6. The minimum Gasteiger partial charge on any atom is -0.462 e. The van der Waals surface area contributed by atoms with Gasteiger partial charge < -0.3 is 10.2 Å². The third kappa shape index (κ3) is 2.02. The molecule has 2 aromatic heterocycles. The van der Waals surface area contributed by atoms with Crippen LogP contribution in [0.4, 0.5) is 0 Å². The van der Waals surface area contributed by atoms with Crippen molar-refractivity contribution in [3.63, 3.8) is 0 Å². The first-order valence-corrected chi connectivity index (χ1v) is 5.40. The van der Waals surface area contributed by atoms with Crippen molar-refractivity contribution < 1.29 is 4.42 Å². The molecule has 3 nitrogen and oxygen atoms in total. The van der Waals surface area contributed by atoms with Gasteiger partial charge in [0.15, 0.2) is 10.8 Å². The van der Waals surface area contributed by atoms with Crippen LogP contribution in [0.15, 0.2) is 29.0 Å². The lowest BCUT2D eigenvalue weighted by atomic mass is 10.3. The van der Waals surface area contributed by atoms with E-state index in [0.717, 1.165) is 30.2 Å². The number of nitrogens with zero attached hydrogens (tertiary/aromatic N) is 1. The SMILES string of the molecule is NCCCc1cnc(-c2ccco2)s1. The lowest BCUT2D eigenvalue weighted by Gasteiger charge is -1.91. The molecule has 0 spiro atoms. The molecular weight excluding hydrogens is 196 g/mol. The Morgan fingerprint density at radius 3 is 3.14 bits per heavy atom. The van der Waals surface area contributed by atoms with E-state index >= 15 is 0 Å². The topological polar surface area (TPSA) is 52.0 Å². The van der Waals surface area contributed by atoms with Gasteiger partial charge in [-0.05, 0) is 31.5 Å². The Morgan fingerprint density at radius 1 is 1.50 bits per heavy atom. The summed E-state index contributed by atoms with van der Waals surface area (Å²) < 4.78 is 5.26. The highest BCUT2D eigenvalue weighted by Gasteiger charge is 2.05. The number of aromatic nitrogens is 1. The third-order valence-electron chi connectivity index (χ3n) is 1.91. The van der Waals surface area contributed by atoms with E-state index in [4.69, 9.17) is 10.2 Å². The molecule has 0 saturated carbocycles. The fourth-order valence-electron chi connectivity index (χ4n) is 1.21. The van der Waals surface area contributed by atoms with Crippen LogP contribution in [0.2, 0.25) is 0 Å². The molecule has 0 saturated heterocycles. The Kier molecular flexibility index (Phi) is 2.96. The Hall–Kier alpha value is -1.13. The van der Waals surface area contributed by atoms with Crippen molar-refractivity contribution in [2.75, 3.05) is 6.54 Å². The standard InChI is InChI=1S/C10H12N2OS/c11-5-1-3-8-7-12-10(14-8)9-4-2-6-13-9/h2,4,6-7H,1,3,5,11H2. The first-order valence-electron chi connectivity index (χ1n) is 4.59. The van der Waals surface area contributed by atoms with E-state index in [-0.39, 0.29) is 0 Å². The van der Waals surface area contributed by atoms with E-state index < -0.39 is 0 Å². The zero-order valence-electron chi connectivity index (χ0n) is 7.77. The molecule has 2 N–H and O–H groups in total. The molecule has 0 aliphatic carbocycles. The van der Waals surface area contributed by atoms with Crippen LogP contribution in [0, 0.1) is 0 Å². The molecular formula is C10H12N2OS. The van der Waals surface area contributed by atoms with Crippen molar-refractivity contribution in [2.45, 2.75) is 12.8 Å². The monoisotopic (exact) mass is 208 g/mol. The minimum atomic E-state index is 0.730. The number of hydrogen-bond donors (Lipinski definition) is 1. The van der Waals surface area contributed by atoms with E-state index in [1.807, 2.05) is 18.3 Å². The van der Waals surface area contributed by atoms with Crippen LogP contribution in [0.25, 0.3) is 10.8 Å². The molecule has 2 aromatic rings. The predicted molar refractivity (Wildman–Crippen MR) is 57.2 cm³/mol. The Bertz CT molecular complexity index is 380. The van der Waals surface area contributed by atoms with E-state index in [0.29, 0.717) is 0 Å². The maximum Gasteiger partial charge on any atom is 0.162 e. The second-order valence-electron chi connectivity index (χ2n) is 3.00. The molecule has 0 unspecified atom stereocenters. The van der Waals surface area contributed by atoms with Crippen molar-refractivity contribution in [1.29, 1.82) is 0 Å². The molecule has 0 atom stereocenters. The number of furan rings is 1. The highest BCUT2D eigenvalue weighted by atomic mass is 32.1. The number of nitrogens with two attached hydrogens (primary N) is 1. The van der Waals surface area contributed by atoms with E-state index in [1.54, 1.807) is 17.6 Å². The molecule has 2 rings (SSSR count). The quantitative estimate of drug-likeness (QED) is 0.838. The molecule has 0 bridgehead atoms. The van der Waals surface area contributed by atoms with Gasteiger partial charge in [-0.2, -0.15) is 0 Å².